The highest BCUT2D eigenvalue weighted by atomic mass is 16.5. The van der Waals surface area contributed by atoms with Crippen LogP contribution in [0.5, 0.6) is 0 Å². The van der Waals surface area contributed by atoms with Crippen molar-refractivity contribution in [3.8, 4) is 0 Å². The fraction of sp³-hybridized carbons (Fsp3) is 0.500. The van der Waals surface area contributed by atoms with Gasteiger partial charge in [-0.1, -0.05) is 25.2 Å². The Balaban J connectivity index is 2.35. The van der Waals surface area contributed by atoms with Gasteiger partial charge in [0.15, 0.2) is 0 Å². The Hall–Kier alpha value is -1.05. The largest absolute Gasteiger partial charge is 0.461 e. The number of hydrogen-bond acceptors (Lipinski definition) is 2. The quantitative estimate of drug-likeness (QED) is 0.587. The average Bonchev–Trinajstić information content (AvgIpc) is 2.03. The van der Waals surface area contributed by atoms with Gasteiger partial charge in [-0.15, -0.1) is 0 Å². The van der Waals surface area contributed by atoms with Crippen molar-refractivity contribution in [2.24, 2.45) is 5.92 Å². The Morgan fingerprint density at radius 1 is 1.75 bits per heavy atom. The molecule has 0 aliphatic heterocycles. The smallest absolute Gasteiger partial charge is 0.302 e. The van der Waals surface area contributed by atoms with Gasteiger partial charge in [-0.2, -0.15) is 0 Å². The van der Waals surface area contributed by atoms with Crippen LogP contribution in [0.4, 0.5) is 0 Å². The van der Waals surface area contributed by atoms with Crippen molar-refractivity contribution in [3.63, 3.8) is 0 Å². The number of allylic oxidation sites excluding steroid dienone is 2. The van der Waals surface area contributed by atoms with Crippen LogP contribution in [0.15, 0.2) is 23.8 Å². The number of carbonyl (C=O) groups is 1. The molecule has 0 spiro atoms. The van der Waals surface area contributed by atoms with Crippen LogP contribution < -0.4 is 0 Å². The summed E-state index contributed by atoms with van der Waals surface area (Å²) in [5, 5.41) is 0. The van der Waals surface area contributed by atoms with E-state index in [0.717, 1.165) is 12.0 Å². The molecule has 1 rings (SSSR count). The first-order valence-electron chi connectivity index (χ1n) is 4.19. The van der Waals surface area contributed by atoms with Gasteiger partial charge in [-0.05, 0) is 17.9 Å². The summed E-state index contributed by atoms with van der Waals surface area (Å²) in [5.41, 5.74) is 1.10. The second kappa shape index (κ2) is 4.10. The third kappa shape index (κ3) is 2.91. The summed E-state index contributed by atoms with van der Waals surface area (Å²) in [6, 6.07) is 0. The van der Waals surface area contributed by atoms with E-state index in [0.29, 0.717) is 12.5 Å². The molecule has 0 bridgehead atoms. The molecule has 0 fully saturated rings. The molecule has 0 saturated carbocycles. The predicted octanol–water partition coefficient (Wildman–Crippen LogP) is 2.07. The van der Waals surface area contributed by atoms with Crippen LogP contribution in [-0.2, 0) is 9.53 Å². The standard InChI is InChI=1S/C10H14O2/c1-8-3-5-10(6-4-8)7-12-9(2)11/h3,5-6,8H,4,7H2,1-2H3. The van der Waals surface area contributed by atoms with Crippen LogP contribution in [0.1, 0.15) is 20.3 Å². The fourth-order valence-corrected chi connectivity index (χ4v) is 1.06. The highest BCUT2D eigenvalue weighted by Gasteiger charge is 2.03. The van der Waals surface area contributed by atoms with Crippen LogP contribution in [0.25, 0.3) is 0 Å². The van der Waals surface area contributed by atoms with Gasteiger partial charge in [0.25, 0.3) is 0 Å². The Bertz CT molecular complexity index is 226. The summed E-state index contributed by atoms with van der Waals surface area (Å²) in [6.45, 7) is 4.00. The highest BCUT2D eigenvalue weighted by Crippen LogP contribution is 2.15. The van der Waals surface area contributed by atoms with Crippen LogP contribution in [0.3, 0.4) is 0 Å². The van der Waals surface area contributed by atoms with Crippen molar-refractivity contribution in [2.45, 2.75) is 20.3 Å². The molecule has 1 aliphatic rings. The Morgan fingerprint density at radius 2 is 2.50 bits per heavy atom. The molecule has 0 heterocycles. The maximum Gasteiger partial charge on any atom is 0.302 e. The normalized spacial score (nSPS) is 21.8. The van der Waals surface area contributed by atoms with Crippen molar-refractivity contribution >= 4 is 5.97 Å². The molecule has 66 valence electrons. The molecule has 1 aliphatic carbocycles. The molecule has 2 nitrogen and oxygen atoms in total. The first-order chi connectivity index (χ1) is 5.68. The predicted molar refractivity (Wildman–Crippen MR) is 47.6 cm³/mol. The lowest BCUT2D eigenvalue weighted by molar-refractivity contribution is -0.139. The van der Waals surface area contributed by atoms with Crippen molar-refractivity contribution in [1.29, 1.82) is 0 Å². The molecule has 0 N–H and O–H groups in total. The topological polar surface area (TPSA) is 26.3 Å². The number of carbonyl (C=O) groups excluding carboxylic acids is 1. The maximum absolute atomic E-state index is 10.5. The summed E-state index contributed by atoms with van der Waals surface area (Å²) in [6.07, 6.45) is 7.33. The molecule has 0 radical (unpaired) electrons. The molecule has 0 aromatic heterocycles. The molecule has 12 heavy (non-hydrogen) atoms. The second-order valence-electron chi connectivity index (χ2n) is 3.13. The van der Waals surface area contributed by atoms with Crippen molar-refractivity contribution in [2.75, 3.05) is 6.61 Å². The first kappa shape index (κ1) is 9.04. The molecule has 1 unspecified atom stereocenters. The van der Waals surface area contributed by atoms with Crippen LogP contribution in [0, 0.1) is 5.92 Å². The van der Waals surface area contributed by atoms with E-state index >= 15 is 0 Å². The maximum atomic E-state index is 10.5. The SMILES string of the molecule is CC(=O)OCC1=CCC(C)C=C1. The number of ether oxygens (including phenoxy) is 1. The molecule has 2 heteroatoms. The molecule has 0 aromatic carbocycles. The molecule has 1 atom stereocenters. The molecular weight excluding hydrogens is 152 g/mol. The van der Waals surface area contributed by atoms with Gasteiger partial charge in [0.05, 0.1) is 0 Å². The first-order valence-corrected chi connectivity index (χ1v) is 4.19. The van der Waals surface area contributed by atoms with Gasteiger partial charge in [-0.25, -0.2) is 0 Å². The number of hydrogen-bond donors (Lipinski definition) is 0. The zero-order valence-electron chi connectivity index (χ0n) is 7.54. The second-order valence-corrected chi connectivity index (χ2v) is 3.13. The monoisotopic (exact) mass is 166 g/mol. The van der Waals surface area contributed by atoms with E-state index in [9.17, 15) is 4.79 Å². The fourth-order valence-electron chi connectivity index (χ4n) is 1.06. The van der Waals surface area contributed by atoms with Gasteiger partial charge in [0.1, 0.15) is 6.61 Å². The minimum Gasteiger partial charge on any atom is -0.461 e. The lowest BCUT2D eigenvalue weighted by Crippen LogP contribution is -2.04. The summed E-state index contributed by atoms with van der Waals surface area (Å²) in [7, 11) is 0. The molecule has 0 saturated heterocycles. The zero-order valence-corrected chi connectivity index (χ0v) is 7.54. The van der Waals surface area contributed by atoms with Gasteiger partial charge in [0.2, 0.25) is 0 Å². The van der Waals surface area contributed by atoms with E-state index in [-0.39, 0.29) is 5.97 Å². The van der Waals surface area contributed by atoms with Crippen LogP contribution >= 0.6 is 0 Å². The van der Waals surface area contributed by atoms with E-state index in [1.165, 1.54) is 6.92 Å². The van der Waals surface area contributed by atoms with E-state index in [1.807, 2.05) is 6.08 Å². The lowest BCUT2D eigenvalue weighted by atomic mass is 9.99. The number of esters is 1. The average molecular weight is 166 g/mol. The lowest BCUT2D eigenvalue weighted by Gasteiger charge is -2.11. The Morgan fingerprint density at radius 3 is 3.00 bits per heavy atom. The summed E-state index contributed by atoms with van der Waals surface area (Å²) in [5.74, 6) is 0.397. The van der Waals surface area contributed by atoms with E-state index in [1.54, 1.807) is 0 Å². The Labute approximate surface area is 72.9 Å². The molecule has 0 aromatic rings. The van der Waals surface area contributed by atoms with E-state index in [2.05, 4.69) is 19.1 Å². The van der Waals surface area contributed by atoms with Gasteiger partial charge in [0, 0.05) is 6.92 Å². The minimum absolute atomic E-state index is 0.220. The highest BCUT2D eigenvalue weighted by molar-refractivity contribution is 5.66. The van der Waals surface area contributed by atoms with Crippen molar-refractivity contribution in [3.05, 3.63) is 23.8 Å². The van der Waals surface area contributed by atoms with E-state index in [4.69, 9.17) is 4.74 Å². The van der Waals surface area contributed by atoms with Gasteiger partial charge < -0.3 is 4.74 Å². The summed E-state index contributed by atoms with van der Waals surface area (Å²) < 4.78 is 4.86. The van der Waals surface area contributed by atoms with Crippen LogP contribution in [0.2, 0.25) is 0 Å². The van der Waals surface area contributed by atoms with Gasteiger partial charge >= 0.3 is 5.97 Å². The number of rotatable bonds is 2. The van der Waals surface area contributed by atoms with Crippen LogP contribution in [-0.4, -0.2) is 12.6 Å². The molecular formula is C10H14O2. The van der Waals surface area contributed by atoms with Crippen molar-refractivity contribution in [1.82, 2.24) is 0 Å². The molecule has 0 amide bonds. The summed E-state index contributed by atoms with van der Waals surface area (Å²) in [4.78, 5) is 10.5. The zero-order chi connectivity index (χ0) is 8.97. The Kier molecular flexibility index (Phi) is 3.09. The van der Waals surface area contributed by atoms with Crippen molar-refractivity contribution < 1.29 is 9.53 Å². The summed E-state index contributed by atoms with van der Waals surface area (Å²) >= 11 is 0. The van der Waals surface area contributed by atoms with E-state index < -0.39 is 0 Å². The third-order valence-electron chi connectivity index (χ3n) is 1.83. The minimum atomic E-state index is -0.220. The van der Waals surface area contributed by atoms with Gasteiger partial charge in [-0.3, -0.25) is 4.79 Å². The third-order valence-corrected chi connectivity index (χ3v) is 1.83.